The predicted molar refractivity (Wildman–Crippen MR) is 63.1 cm³/mol. The minimum atomic E-state index is -0.338. The molecule has 1 heterocycles. The molecule has 0 saturated carbocycles. The highest BCUT2D eigenvalue weighted by molar-refractivity contribution is 5.82. The fourth-order valence-corrected chi connectivity index (χ4v) is 1.77. The quantitative estimate of drug-likeness (QED) is 0.727. The number of benzene rings is 1. The standard InChI is InChI=1S/C13H14O3/c1-8(2)11-6-9(15-3)7-12-10(11)4-5-13(14)16-12/h4-8H,1-3H3. The average Bonchev–Trinajstić information content (AvgIpc) is 2.26. The summed E-state index contributed by atoms with van der Waals surface area (Å²) >= 11 is 0. The first-order chi connectivity index (χ1) is 7.61. The maximum Gasteiger partial charge on any atom is 0.336 e. The average molecular weight is 218 g/mol. The van der Waals surface area contributed by atoms with E-state index in [1.54, 1.807) is 19.2 Å². The van der Waals surface area contributed by atoms with Gasteiger partial charge in [0.05, 0.1) is 7.11 Å². The van der Waals surface area contributed by atoms with Crippen LogP contribution >= 0.6 is 0 Å². The van der Waals surface area contributed by atoms with Crippen LogP contribution in [0.5, 0.6) is 5.75 Å². The molecule has 0 bridgehead atoms. The molecule has 16 heavy (non-hydrogen) atoms. The number of fused-ring (bicyclic) bond motifs is 1. The van der Waals surface area contributed by atoms with E-state index in [2.05, 4.69) is 13.8 Å². The zero-order chi connectivity index (χ0) is 11.7. The van der Waals surface area contributed by atoms with Gasteiger partial charge < -0.3 is 9.15 Å². The third-order valence-electron chi connectivity index (χ3n) is 2.60. The summed E-state index contributed by atoms with van der Waals surface area (Å²) in [5.74, 6) is 1.07. The molecule has 3 nitrogen and oxygen atoms in total. The summed E-state index contributed by atoms with van der Waals surface area (Å²) < 4.78 is 10.4. The van der Waals surface area contributed by atoms with E-state index in [0.29, 0.717) is 17.3 Å². The van der Waals surface area contributed by atoms with E-state index in [4.69, 9.17) is 9.15 Å². The number of hydrogen-bond donors (Lipinski definition) is 0. The van der Waals surface area contributed by atoms with Crippen molar-refractivity contribution in [2.75, 3.05) is 7.11 Å². The topological polar surface area (TPSA) is 39.4 Å². The van der Waals surface area contributed by atoms with Gasteiger partial charge in [-0.1, -0.05) is 13.8 Å². The largest absolute Gasteiger partial charge is 0.497 e. The van der Waals surface area contributed by atoms with Crippen LogP contribution in [0.15, 0.2) is 33.5 Å². The SMILES string of the molecule is COc1cc(C(C)C)c2ccc(=O)oc2c1. The van der Waals surface area contributed by atoms with E-state index in [1.165, 1.54) is 6.07 Å². The van der Waals surface area contributed by atoms with Gasteiger partial charge in [-0.3, -0.25) is 0 Å². The molecule has 0 atom stereocenters. The van der Waals surface area contributed by atoms with E-state index in [0.717, 1.165) is 10.9 Å². The molecular weight excluding hydrogens is 204 g/mol. The highest BCUT2D eigenvalue weighted by atomic mass is 16.5. The second-order valence-electron chi connectivity index (χ2n) is 4.04. The van der Waals surface area contributed by atoms with Gasteiger partial charge in [0.1, 0.15) is 11.3 Å². The fourth-order valence-electron chi connectivity index (χ4n) is 1.77. The van der Waals surface area contributed by atoms with Crippen LogP contribution in [0.3, 0.4) is 0 Å². The van der Waals surface area contributed by atoms with Crippen molar-refractivity contribution in [2.24, 2.45) is 0 Å². The summed E-state index contributed by atoms with van der Waals surface area (Å²) in [4.78, 5) is 11.2. The van der Waals surface area contributed by atoms with Crippen molar-refractivity contribution in [2.45, 2.75) is 19.8 Å². The first-order valence-electron chi connectivity index (χ1n) is 5.23. The van der Waals surface area contributed by atoms with Crippen LogP contribution in [0.1, 0.15) is 25.3 Å². The zero-order valence-corrected chi connectivity index (χ0v) is 9.61. The third-order valence-corrected chi connectivity index (χ3v) is 2.60. The lowest BCUT2D eigenvalue weighted by Gasteiger charge is -2.11. The molecule has 84 valence electrons. The van der Waals surface area contributed by atoms with Crippen molar-refractivity contribution in [1.29, 1.82) is 0 Å². The minimum Gasteiger partial charge on any atom is -0.497 e. The Kier molecular flexibility index (Phi) is 2.69. The summed E-state index contributed by atoms with van der Waals surface area (Å²) in [5.41, 5.74) is 1.36. The first-order valence-corrected chi connectivity index (χ1v) is 5.23. The predicted octanol–water partition coefficient (Wildman–Crippen LogP) is 2.93. The summed E-state index contributed by atoms with van der Waals surface area (Å²) in [7, 11) is 1.60. The van der Waals surface area contributed by atoms with E-state index in [-0.39, 0.29) is 5.63 Å². The summed E-state index contributed by atoms with van der Waals surface area (Å²) in [6, 6.07) is 6.96. The molecule has 0 amide bonds. The Labute approximate surface area is 93.7 Å². The molecule has 2 aromatic rings. The van der Waals surface area contributed by atoms with E-state index in [9.17, 15) is 4.79 Å². The van der Waals surface area contributed by atoms with Gasteiger partial charge in [-0.05, 0) is 23.6 Å². The Balaban J connectivity index is 2.81. The van der Waals surface area contributed by atoms with Gasteiger partial charge in [-0.2, -0.15) is 0 Å². The van der Waals surface area contributed by atoms with Crippen LogP contribution in [-0.4, -0.2) is 7.11 Å². The van der Waals surface area contributed by atoms with Crippen molar-refractivity contribution in [3.8, 4) is 5.75 Å². The summed E-state index contributed by atoms with van der Waals surface area (Å²) in [6.45, 7) is 4.19. The lowest BCUT2D eigenvalue weighted by Crippen LogP contribution is -1.98. The zero-order valence-electron chi connectivity index (χ0n) is 9.61. The molecule has 0 N–H and O–H groups in total. The second kappa shape index (κ2) is 4.00. The molecule has 0 aliphatic rings. The maximum atomic E-state index is 11.2. The number of rotatable bonds is 2. The van der Waals surface area contributed by atoms with Crippen molar-refractivity contribution < 1.29 is 9.15 Å². The molecule has 0 unspecified atom stereocenters. The lowest BCUT2D eigenvalue weighted by molar-refractivity contribution is 0.413. The van der Waals surface area contributed by atoms with Crippen LogP contribution in [0.4, 0.5) is 0 Å². The molecule has 2 rings (SSSR count). The van der Waals surface area contributed by atoms with Gasteiger partial charge >= 0.3 is 5.63 Å². The van der Waals surface area contributed by atoms with Gasteiger partial charge in [0.2, 0.25) is 0 Å². The highest BCUT2D eigenvalue weighted by Crippen LogP contribution is 2.29. The highest BCUT2D eigenvalue weighted by Gasteiger charge is 2.09. The van der Waals surface area contributed by atoms with Gasteiger partial charge in [-0.25, -0.2) is 4.79 Å². The number of hydrogen-bond acceptors (Lipinski definition) is 3. The molecule has 0 radical (unpaired) electrons. The number of methoxy groups -OCH3 is 1. The molecule has 0 fully saturated rings. The molecule has 0 saturated heterocycles. The second-order valence-corrected chi connectivity index (χ2v) is 4.04. The number of ether oxygens (including phenoxy) is 1. The normalized spacial score (nSPS) is 11.0. The smallest absolute Gasteiger partial charge is 0.336 e. The van der Waals surface area contributed by atoms with Crippen molar-refractivity contribution in [3.63, 3.8) is 0 Å². The molecule has 3 heteroatoms. The van der Waals surface area contributed by atoms with Crippen molar-refractivity contribution >= 4 is 11.0 Å². The minimum absolute atomic E-state index is 0.338. The van der Waals surface area contributed by atoms with Crippen LogP contribution in [0.2, 0.25) is 0 Å². The Hall–Kier alpha value is -1.77. The third kappa shape index (κ3) is 1.81. The van der Waals surface area contributed by atoms with Gasteiger partial charge in [0.15, 0.2) is 0 Å². The fraction of sp³-hybridized carbons (Fsp3) is 0.308. The Bertz CT molecular complexity index is 567. The van der Waals surface area contributed by atoms with Gasteiger partial charge in [0, 0.05) is 17.5 Å². The van der Waals surface area contributed by atoms with E-state index >= 15 is 0 Å². The molecule has 0 spiro atoms. The molecule has 0 aliphatic heterocycles. The Morgan fingerprint density at radius 2 is 2.00 bits per heavy atom. The Morgan fingerprint density at radius 3 is 2.62 bits per heavy atom. The maximum absolute atomic E-state index is 11.2. The Morgan fingerprint density at radius 1 is 1.25 bits per heavy atom. The molecule has 0 aliphatic carbocycles. The van der Waals surface area contributed by atoms with Crippen molar-refractivity contribution in [1.82, 2.24) is 0 Å². The van der Waals surface area contributed by atoms with E-state index in [1.807, 2.05) is 6.07 Å². The van der Waals surface area contributed by atoms with Crippen molar-refractivity contribution in [3.05, 3.63) is 40.2 Å². The van der Waals surface area contributed by atoms with Crippen LogP contribution in [-0.2, 0) is 0 Å². The monoisotopic (exact) mass is 218 g/mol. The first kappa shape index (κ1) is 10.7. The molecule has 1 aromatic carbocycles. The molecule has 1 aromatic heterocycles. The van der Waals surface area contributed by atoms with E-state index < -0.39 is 0 Å². The van der Waals surface area contributed by atoms with Gasteiger partial charge in [0.25, 0.3) is 0 Å². The van der Waals surface area contributed by atoms with Crippen LogP contribution in [0.25, 0.3) is 11.0 Å². The van der Waals surface area contributed by atoms with Gasteiger partial charge in [-0.15, -0.1) is 0 Å². The van der Waals surface area contributed by atoms with Crippen LogP contribution in [0, 0.1) is 0 Å². The summed E-state index contributed by atoms with van der Waals surface area (Å²) in [5, 5.41) is 0.968. The molecular formula is C13H14O3. The summed E-state index contributed by atoms with van der Waals surface area (Å²) in [6.07, 6.45) is 0. The van der Waals surface area contributed by atoms with Crippen LogP contribution < -0.4 is 10.4 Å². The lowest BCUT2D eigenvalue weighted by atomic mass is 9.98.